The van der Waals surface area contributed by atoms with Crippen molar-refractivity contribution < 1.29 is 0 Å². The van der Waals surface area contributed by atoms with Gasteiger partial charge < -0.3 is 9.88 Å². The van der Waals surface area contributed by atoms with Crippen LogP contribution in [0.5, 0.6) is 0 Å². The van der Waals surface area contributed by atoms with Crippen molar-refractivity contribution in [3.05, 3.63) is 53.6 Å². The Hall–Kier alpha value is -1.61. The first-order valence-corrected chi connectivity index (χ1v) is 8.02. The standard InChI is InChI=1S/C18H27N3/c1-4-6-18(20-8-5-2)17-7-9-21(14-17)13-16-10-15(3)11-19-12-16/h7,9-12,14,18,20H,4-6,8,13H2,1-3H3. The topological polar surface area (TPSA) is 29.9 Å². The SMILES string of the molecule is CCCNC(CCC)c1ccn(Cc2cncc(C)c2)c1. The lowest BCUT2D eigenvalue weighted by atomic mass is 10.1. The van der Waals surface area contributed by atoms with Crippen LogP contribution >= 0.6 is 0 Å². The van der Waals surface area contributed by atoms with Crippen LogP contribution < -0.4 is 5.32 Å². The zero-order valence-electron chi connectivity index (χ0n) is 13.5. The van der Waals surface area contributed by atoms with Crippen LogP contribution in [0.25, 0.3) is 0 Å². The summed E-state index contributed by atoms with van der Waals surface area (Å²) in [5.74, 6) is 0. The predicted molar refractivity (Wildman–Crippen MR) is 88.5 cm³/mol. The molecule has 2 aromatic rings. The van der Waals surface area contributed by atoms with Gasteiger partial charge in [-0.05, 0) is 49.1 Å². The molecule has 0 spiro atoms. The summed E-state index contributed by atoms with van der Waals surface area (Å²) in [5, 5.41) is 3.65. The number of rotatable bonds is 8. The van der Waals surface area contributed by atoms with Gasteiger partial charge in [-0.3, -0.25) is 4.98 Å². The van der Waals surface area contributed by atoms with E-state index in [0.29, 0.717) is 6.04 Å². The second kappa shape index (κ2) is 7.99. The van der Waals surface area contributed by atoms with E-state index in [0.717, 1.165) is 13.1 Å². The number of aryl methyl sites for hydroxylation is 1. The van der Waals surface area contributed by atoms with E-state index in [1.165, 1.54) is 36.0 Å². The molecule has 0 saturated heterocycles. The Morgan fingerprint density at radius 1 is 1.24 bits per heavy atom. The third kappa shape index (κ3) is 4.71. The quantitative estimate of drug-likeness (QED) is 0.792. The van der Waals surface area contributed by atoms with Gasteiger partial charge in [-0.2, -0.15) is 0 Å². The zero-order valence-corrected chi connectivity index (χ0v) is 13.5. The summed E-state index contributed by atoms with van der Waals surface area (Å²) in [6.45, 7) is 8.52. The maximum atomic E-state index is 4.27. The van der Waals surface area contributed by atoms with Gasteiger partial charge in [0.25, 0.3) is 0 Å². The Kier molecular flexibility index (Phi) is 6.00. The third-order valence-corrected chi connectivity index (χ3v) is 3.69. The first-order chi connectivity index (χ1) is 10.2. The molecular weight excluding hydrogens is 258 g/mol. The molecule has 0 bridgehead atoms. The molecule has 1 unspecified atom stereocenters. The molecule has 0 radical (unpaired) electrons. The van der Waals surface area contributed by atoms with Gasteiger partial charge in [0.2, 0.25) is 0 Å². The highest BCUT2D eigenvalue weighted by Gasteiger charge is 2.11. The molecule has 0 aliphatic carbocycles. The van der Waals surface area contributed by atoms with E-state index < -0.39 is 0 Å². The molecule has 2 aromatic heterocycles. The van der Waals surface area contributed by atoms with E-state index in [1.807, 2.05) is 12.4 Å². The first-order valence-electron chi connectivity index (χ1n) is 8.02. The number of nitrogens with one attached hydrogen (secondary N) is 1. The monoisotopic (exact) mass is 285 g/mol. The van der Waals surface area contributed by atoms with Gasteiger partial charge in [-0.1, -0.05) is 26.3 Å². The zero-order chi connectivity index (χ0) is 15.1. The Labute approximate surface area is 128 Å². The van der Waals surface area contributed by atoms with Crippen molar-refractivity contribution in [1.29, 1.82) is 0 Å². The molecule has 1 atom stereocenters. The summed E-state index contributed by atoms with van der Waals surface area (Å²) in [7, 11) is 0. The van der Waals surface area contributed by atoms with E-state index in [1.54, 1.807) is 0 Å². The lowest BCUT2D eigenvalue weighted by Gasteiger charge is -2.16. The highest BCUT2D eigenvalue weighted by molar-refractivity contribution is 5.20. The van der Waals surface area contributed by atoms with Crippen molar-refractivity contribution in [2.75, 3.05) is 6.54 Å². The molecule has 0 aliphatic heterocycles. The molecule has 3 nitrogen and oxygen atoms in total. The fourth-order valence-electron chi connectivity index (χ4n) is 2.67. The summed E-state index contributed by atoms with van der Waals surface area (Å²) >= 11 is 0. The Morgan fingerprint density at radius 3 is 2.81 bits per heavy atom. The van der Waals surface area contributed by atoms with Crippen LogP contribution in [0.2, 0.25) is 0 Å². The van der Waals surface area contributed by atoms with Crippen LogP contribution in [0.15, 0.2) is 36.9 Å². The van der Waals surface area contributed by atoms with Gasteiger partial charge in [-0.15, -0.1) is 0 Å². The van der Waals surface area contributed by atoms with Crippen LogP contribution in [-0.2, 0) is 6.54 Å². The molecule has 21 heavy (non-hydrogen) atoms. The van der Waals surface area contributed by atoms with Gasteiger partial charge in [0.05, 0.1) is 0 Å². The minimum Gasteiger partial charge on any atom is -0.350 e. The molecular formula is C18H27N3. The van der Waals surface area contributed by atoms with Crippen LogP contribution in [-0.4, -0.2) is 16.1 Å². The molecule has 0 aromatic carbocycles. The molecule has 0 fully saturated rings. The molecule has 0 saturated carbocycles. The fourth-order valence-corrected chi connectivity index (χ4v) is 2.67. The molecule has 2 rings (SSSR count). The lowest BCUT2D eigenvalue weighted by molar-refractivity contribution is 0.493. The van der Waals surface area contributed by atoms with E-state index >= 15 is 0 Å². The third-order valence-electron chi connectivity index (χ3n) is 3.69. The molecule has 3 heteroatoms. The number of hydrogen-bond acceptors (Lipinski definition) is 2. The van der Waals surface area contributed by atoms with Crippen LogP contribution in [0.4, 0.5) is 0 Å². The maximum Gasteiger partial charge on any atom is 0.0485 e. The second-order valence-corrected chi connectivity index (χ2v) is 5.78. The summed E-state index contributed by atoms with van der Waals surface area (Å²) in [6, 6.07) is 4.92. The fraction of sp³-hybridized carbons (Fsp3) is 0.500. The molecule has 0 aliphatic rings. The number of aromatic nitrogens is 2. The lowest BCUT2D eigenvalue weighted by Crippen LogP contribution is -2.21. The van der Waals surface area contributed by atoms with Crippen molar-refractivity contribution in [3.63, 3.8) is 0 Å². The van der Waals surface area contributed by atoms with Gasteiger partial charge in [0.1, 0.15) is 0 Å². The summed E-state index contributed by atoms with van der Waals surface area (Å²) < 4.78 is 2.25. The van der Waals surface area contributed by atoms with E-state index in [4.69, 9.17) is 0 Å². The van der Waals surface area contributed by atoms with Crippen LogP contribution in [0.1, 0.15) is 55.8 Å². The van der Waals surface area contributed by atoms with Crippen molar-refractivity contribution in [2.24, 2.45) is 0 Å². The molecule has 114 valence electrons. The van der Waals surface area contributed by atoms with E-state index in [-0.39, 0.29) is 0 Å². The van der Waals surface area contributed by atoms with Crippen molar-refractivity contribution in [3.8, 4) is 0 Å². The number of pyridine rings is 1. The van der Waals surface area contributed by atoms with Crippen molar-refractivity contribution in [1.82, 2.24) is 14.9 Å². The summed E-state index contributed by atoms with van der Waals surface area (Å²) in [4.78, 5) is 4.27. The van der Waals surface area contributed by atoms with E-state index in [2.05, 4.69) is 60.2 Å². The highest BCUT2D eigenvalue weighted by Crippen LogP contribution is 2.19. The van der Waals surface area contributed by atoms with Crippen molar-refractivity contribution >= 4 is 0 Å². The average molecular weight is 285 g/mol. The normalized spacial score (nSPS) is 12.5. The largest absolute Gasteiger partial charge is 0.350 e. The Balaban J connectivity index is 2.05. The van der Waals surface area contributed by atoms with Crippen molar-refractivity contribution in [2.45, 2.75) is 52.6 Å². The second-order valence-electron chi connectivity index (χ2n) is 5.78. The molecule has 2 heterocycles. The van der Waals surface area contributed by atoms with E-state index in [9.17, 15) is 0 Å². The highest BCUT2D eigenvalue weighted by atomic mass is 15.0. The average Bonchev–Trinajstić information content (AvgIpc) is 2.92. The number of nitrogens with zero attached hydrogens (tertiary/aromatic N) is 2. The van der Waals surface area contributed by atoms with Gasteiger partial charge in [0, 0.05) is 37.4 Å². The Morgan fingerprint density at radius 2 is 2.10 bits per heavy atom. The predicted octanol–water partition coefficient (Wildman–Crippen LogP) is 4.08. The summed E-state index contributed by atoms with van der Waals surface area (Å²) in [6.07, 6.45) is 11.9. The first kappa shape index (κ1) is 15.8. The smallest absolute Gasteiger partial charge is 0.0485 e. The minimum atomic E-state index is 0.479. The Bertz CT molecular complexity index is 545. The van der Waals surface area contributed by atoms with Gasteiger partial charge >= 0.3 is 0 Å². The van der Waals surface area contributed by atoms with Crippen LogP contribution in [0, 0.1) is 6.92 Å². The molecule has 0 amide bonds. The number of hydrogen-bond donors (Lipinski definition) is 1. The van der Waals surface area contributed by atoms with Crippen LogP contribution in [0.3, 0.4) is 0 Å². The molecule has 1 N–H and O–H groups in total. The van der Waals surface area contributed by atoms with Gasteiger partial charge in [-0.25, -0.2) is 0 Å². The minimum absolute atomic E-state index is 0.479. The van der Waals surface area contributed by atoms with Gasteiger partial charge in [0.15, 0.2) is 0 Å². The maximum absolute atomic E-state index is 4.27. The summed E-state index contributed by atoms with van der Waals surface area (Å²) in [5.41, 5.74) is 3.87.